The first kappa shape index (κ1) is 18.3. The first-order valence-corrected chi connectivity index (χ1v) is 8.97. The van der Waals surface area contributed by atoms with Crippen LogP contribution in [0.1, 0.15) is 15.9 Å². The van der Waals surface area contributed by atoms with Crippen LogP contribution in [0.2, 0.25) is 0 Å². The molecule has 4 N–H and O–H groups in total. The molecule has 1 atom stereocenters. The lowest BCUT2D eigenvalue weighted by molar-refractivity contribution is -0.134. The standard InChI is InChI=1S/C23H17N3O3/c24-22(28)17-11-4-5-12-19(17)26-13-7-6-10-16(26)14-18(15-8-2-1-3-9-15)20(26)21(27)23(25)29/h1-14H,(H3-,24,25,28,29)/p+1. The van der Waals surface area contributed by atoms with Gasteiger partial charge in [0.25, 0.3) is 11.8 Å². The van der Waals surface area contributed by atoms with Crippen LogP contribution in [-0.4, -0.2) is 17.6 Å². The van der Waals surface area contributed by atoms with E-state index >= 15 is 0 Å². The number of nitrogens with zero attached hydrogens (tertiary/aromatic N) is 1. The fraction of sp³-hybridized carbons (Fsp3) is 0. The third-order valence-corrected chi connectivity index (χ3v) is 5.07. The molecule has 2 amide bonds. The highest BCUT2D eigenvalue weighted by Gasteiger charge is 2.51. The van der Waals surface area contributed by atoms with Crippen LogP contribution in [0.4, 0.5) is 5.69 Å². The van der Waals surface area contributed by atoms with Crippen molar-refractivity contribution in [1.29, 1.82) is 0 Å². The van der Waals surface area contributed by atoms with Gasteiger partial charge >= 0.3 is 5.78 Å². The third kappa shape index (κ3) is 2.74. The second kappa shape index (κ2) is 6.85. The van der Waals surface area contributed by atoms with E-state index in [0.717, 1.165) is 5.56 Å². The summed E-state index contributed by atoms with van der Waals surface area (Å²) in [7, 11) is 0. The molecule has 2 aromatic carbocycles. The summed E-state index contributed by atoms with van der Waals surface area (Å²) in [4.78, 5) is 37.3. The van der Waals surface area contributed by atoms with Gasteiger partial charge in [0.05, 0.1) is 5.57 Å². The van der Waals surface area contributed by atoms with Crippen LogP contribution in [0.15, 0.2) is 96.5 Å². The Labute approximate surface area is 167 Å². The summed E-state index contributed by atoms with van der Waals surface area (Å²) in [5, 5.41) is 0. The summed E-state index contributed by atoms with van der Waals surface area (Å²) in [5.74, 6) is -2.52. The molecule has 2 aromatic rings. The van der Waals surface area contributed by atoms with Crippen LogP contribution in [-0.2, 0) is 9.59 Å². The zero-order valence-corrected chi connectivity index (χ0v) is 15.4. The Morgan fingerprint density at radius 3 is 2.21 bits per heavy atom. The van der Waals surface area contributed by atoms with E-state index in [4.69, 9.17) is 11.5 Å². The number of quaternary nitrogens is 1. The molecule has 0 bridgehead atoms. The van der Waals surface area contributed by atoms with E-state index in [1.807, 2.05) is 48.6 Å². The number of Topliss-reactive ketones (excluding diaryl/α,β-unsaturated/α-hetero) is 1. The number of amides is 2. The average Bonchev–Trinajstić information content (AvgIpc) is 3.09. The van der Waals surface area contributed by atoms with E-state index in [-0.39, 0.29) is 15.7 Å². The van der Waals surface area contributed by atoms with Gasteiger partial charge in [-0.3, -0.25) is 14.4 Å². The molecule has 6 heteroatoms. The molecule has 4 rings (SSSR count). The Hall–Kier alpha value is -4.03. The van der Waals surface area contributed by atoms with Crippen molar-refractivity contribution in [2.75, 3.05) is 0 Å². The zero-order valence-electron chi connectivity index (χ0n) is 15.4. The Morgan fingerprint density at radius 1 is 0.828 bits per heavy atom. The first-order valence-electron chi connectivity index (χ1n) is 8.97. The van der Waals surface area contributed by atoms with E-state index in [1.54, 1.807) is 36.5 Å². The van der Waals surface area contributed by atoms with Crippen LogP contribution in [0.25, 0.3) is 5.57 Å². The van der Waals surface area contributed by atoms with Gasteiger partial charge < -0.3 is 11.5 Å². The van der Waals surface area contributed by atoms with E-state index in [9.17, 15) is 14.4 Å². The minimum absolute atomic E-state index is 0.160. The molecule has 29 heavy (non-hydrogen) atoms. The smallest absolute Gasteiger partial charge is 0.304 e. The highest BCUT2D eigenvalue weighted by Crippen LogP contribution is 2.48. The number of carbonyl (C=O) groups is 3. The van der Waals surface area contributed by atoms with E-state index in [0.29, 0.717) is 17.0 Å². The third-order valence-electron chi connectivity index (χ3n) is 5.07. The zero-order chi connectivity index (χ0) is 20.6. The molecular formula is C23H18N3O3+. The summed E-state index contributed by atoms with van der Waals surface area (Å²) >= 11 is 0. The second-order valence-corrected chi connectivity index (χ2v) is 6.70. The SMILES string of the molecule is NC(=O)C(=O)C1=C(c2ccccc2)C=C2C=CC=C[N+]21c1ccccc1C(N)=O. The fourth-order valence-electron chi connectivity index (χ4n) is 3.86. The van der Waals surface area contributed by atoms with E-state index in [2.05, 4.69) is 0 Å². The number of primary amides is 2. The lowest BCUT2D eigenvalue weighted by atomic mass is 10.0. The molecule has 2 heterocycles. The van der Waals surface area contributed by atoms with Gasteiger partial charge in [0.1, 0.15) is 17.5 Å². The number of fused-ring (bicyclic) bond motifs is 1. The Bertz CT molecular complexity index is 1170. The largest absolute Gasteiger partial charge is 0.365 e. The molecule has 6 nitrogen and oxygen atoms in total. The minimum Gasteiger partial charge on any atom is -0.365 e. The van der Waals surface area contributed by atoms with E-state index in [1.165, 1.54) is 0 Å². The van der Waals surface area contributed by atoms with Crippen molar-refractivity contribution in [3.8, 4) is 0 Å². The monoisotopic (exact) mass is 384 g/mol. The molecule has 0 aromatic heterocycles. The van der Waals surface area contributed by atoms with Gasteiger partial charge in [-0.15, -0.1) is 0 Å². The maximum atomic E-state index is 13.1. The normalized spacial score (nSPS) is 19.7. The first-order chi connectivity index (χ1) is 14.0. The fourth-order valence-corrected chi connectivity index (χ4v) is 3.86. The van der Waals surface area contributed by atoms with Crippen molar-refractivity contribution in [2.45, 2.75) is 0 Å². The van der Waals surface area contributed by atoms with Gasteiger partial charge in [0, 0.05) is 18.2 Å². The number of carbonyl (C=O) groups excluding carboxylic acids is 3. The van der Waals surface area contributed by atoms with Crippen LogP contribution in [0, 0.1) is 0 Å². The molecule has 2 aliphatic rings. The minimum atomic E-state index is -1.07. The van der Waals surface area contributed by atoms with Crippen molar-refractivity contribution in [3.63, 3.8) is 0 Å². The van der Waals surface area contributed by atoms with Gasteiger partial charge in [0.2, 0.25) is 5.70 Å². The maximum absolute atomic E-state index is 13.1. The Kier molecular flexibility index (Phi) is 4.33. The van der Waals surface area contributed by atoms with Gasteiger partial charge in [-0.2, -0.15) is 4.48 Å². The molecular weight excluding hydrogens is 366 g/mol. The number of benzene rings is 2. The Balaban J connectivity index is 2.11. The second-order valence-electron chi connectivity index (χ2n) is 6.70. The summed E-state index contributed by atoms with van der Waals surface area (Å²) < 4.78 is -0.235. The summed E-state index contributed by atoms with van der Waals surface area (Å²) in [6.45, 7) is 0. The highest BCUT2D eigenvalue weighted by atomic mass is 16.2. The molecule has 0 radical (unpaired) electrons. The lowest BCUT2D eigenvalue weighted by Gasteiger charge is -2.34. The van der Waals surface area contributed by atoms with Crippen LogP contribution >= 0.6 is 0 Å². The number of rotatable bonds is 5. The summed E-state index contributed by atoms with van der Waals surface area (Å²) in [6.07, 6.45) is 9.01. The number of nitrogens with two attached hydrogens (primary N) is 2. The molecule has 0 spiro atoms. The van der Waals surface area contributed by atoms with Crippen molar-refractivity contribution in [1.82, 2.24) is 4.48 Å². The van der Waals surface area contributed by atoms with Gasteiger partial charge in [-0.05, 0) is 17.7 Å². The maximum Gasteiger partial charge on any atom is 0.304 e. The van der Waals surface area contributed by atoms with Crippen molar-refractivity contribution < 1.29 is 14.4 Å². The predicted octanol–water partition coefficient (Wildman–Crippen LogP) is 2.54. The molecule has 2 aliphatic heterocycles. The number of hydrogen-bond acceptors (Lipinski definition) is 3. The molecule has 1 unspecified atom stereocenters. The molecule has 0 saturated carbocycles. The number of hydrogen-bond donors (Lipinski definition) is 2. The van der Waals surface area contributed by atoms with Crippen molar-refractivity contribution >= 4 is 28.9 Å². The van der Waals surface area contributed by atoms with Gasteiger partial charge in [0.15, 0.2) is 5.69 Å². The molecule has 0 saturated heterocycles. The highest BCUT2D eigenvalue weighted by molar-refractivity contribution is 6.44. The summed E-state index contributed by atoms with van der Waals surface area (Å²) in [5.41, 5.74) is 14.0. The van der Waals surface area contributed by atoms with Crippen LogP contribution < -0.4 is 16.0 Å². The lowest BCUT2D eigenvalue weighted by Crippen LogP contribution is -2.47. The number of para-hydroxylation sites is 1. The number of allylic oxidation sites excluding steroid dienone is 5. The van der Waals surface area contributed by atoms with Gasteiger partial charge in [-0.1, -0.05) is 48.5 Å². The average molecular weight is 384 g/mol. The van der Waals surface area contributed by atoms with Gasteiger partial charge in [-0.25, -0.2) is 0 Å². The topological polar surface area (TPSA) is 103 Å². The molecule has 142 valence electrons. The van der Waals surface area contributed by atoms with Crippen molar-refractivity contribution in [3.05, 3.63) is 108 Å². The van der Waals surface area contributed by atoms with E-state index < -0.39 is 17.6 Å². The quantitative estimate of drug-likeness (QED) is 0.611. The number of ketones is 1. The molecule has 0 fully saturated rings. The predicted molar refractivity (Wildman–Crippen MR) is 111 cm³/mol. The van der Waals surface area contributed by atoms with Crippen LogP contribution in [0.3, 0.4) is 0 Å². The molecule has 0 aliphatic carbocycles. The van der Waals surface area contributed by atoms with Crippen LogP contribution in [0.5, 0.6) is 0 Å². The van der Waals surface area contributed by atoms with Crippen molar-refractivity contribution in [2.24, 2.45) is 11.5 Å². The Morgan fingerprint density at radius 2 is 1.52 bits per heavy atom. The summed E-state index contributed by atoms with van der Waals surface area (Å²) in [6, 6.07) is 16.0.